The SMILES string of the molecule is COc1cc(OC)c(C=NNC(=O)c2cccc(NC(=O)c3ccccc3C)c2)cc1Br. The molecule has 0 atom stereocenters. The van der Waals surface area contributed by atoms with E-state index in [1.807, 2.05) is 19.1 Å². The summed E-state index contributed by atoms with van der Waals surface area (Å²) in [4.78, 5) is 25.0. The first-order valence-electron chi connectivity index (χ1n) is 9.65. The van der Waals surface area contributed by atoms with Gasteiger partial charge in [-0.1, -0.05) is 24.3 Å². The largest absolute Gasteiger partial charge is 0.496 e. The first-order chi connectivity index (χ1) is 15.4. The number of halogens is 1. The molecule has 0 fully saturated rings. The number of nitrogens with one attached hydrogen (secondary N) is 2. The van der Waals surface area contributed by atoms with Crippen LogP contribution in [0.15, 0.2) is 70.2 Å². The second kappa shape index (κ2) is 10.6. The summed E-state index contributed by atoms with van der Waals surface area (Å²) in [5, 5.41) is 6.84. The molecule has 0 aliphatic heterocycles. The number of ether oxygens (including phenoxy) is 2. The summed E-state index contributed by atoms with van der Waals surface area (Å²) in [6.07, 6.45) is 1.48. The van der Waals surface area contributed by atoms with E-state index in [1.54, 1.807) is 55.6 Å². The Morgan fingerprint density at radius 2 is 1.69 bits per heavy atom. The Bertz CT molecular complexity index is 1180. The fourth-order valence-electron chi connectivity index (χ4n) is 2.97. The maximum atomic E-state index is 12.5. The number of hydrogen-bond donors (Lipinski definition) is 2. The van der Waals surface area contributed by atoms with E-state index in [1.165, 1.54) is 13.3 Å². The van der Waals surface area contributed by atoms with E-state index in [0.717, 1.165) is 10.0 Å². The lowest BCUT2D eigenvalue weighted by Gasteiger charge is -2.10. The summed E-state index contributed by atoms with van der Waals surface area (Å²) >= 11 is 3.41. The maximum Gasteiger partial charge on any atom is 0.271 e. The highest BCUT2D eigenvalue weighted by molar-refractivity contribution is 9.10. The van der Waals surface area contributed by atoms with Gasteiger partial charge in [0.05, 0.1) is 24.9 Å². The van der Waals surface area contributed by atoms with E-state index in [4.69, 9.17) is 9.47 Å². The summed E-state index contributed by atoms with van der Waals surface area (Å²) in [6.45, 7) is 1.87. The molecule has 0 aliphatic rings. The second-order valence-corrected chi connectivity index (χ2v) is 7.63. The third-order valence-electron chi connectivity index (χ3n) is 4.65. The summed E-state index contributed by atoms with van der Waals surface area (Å²) < 4.78 is 11.3. The zero-order valence-electron chi connectivity index (χ0n) is 17.8. The van der Waals surface area contributed by atoms with Gasteiger partial charge < -0.3 is 14.8 Å². The molecule has 3 rings (SSSR count). The Morgan fingerprint density at radius 1 is 0.938 bits per heavy atom. The van der Waals surface area contributed by atoms with Crippen molar-refractivity contribution in [1.29, 1.82) is 0 Å². The van der Waals surface area contributed by atoms with Crippen molar-refractivity contribution in [3.63, 3.8) is 0 Å². The number of carbonyl (C=O) groups excluding carboxylic acids is 2. The fourth-order valence-corrected chi connectivity index (χ4v) is 3.50. The molecule has 32 heavy (non-hydrogen) atoms. The summed E-state index contributed by atoms with van der Waals surface area (Å²) in [6, 6.07) is 17.4. The number of hydrogen-bond acceptors (Lipinski definition) is 5. The van der Waals surface area contributed by atoms with Gasteiger partial charge in [-0.2, -0.15) is 5.10 Å². The number of benzene rings is 3. The molecular formula is C24H22BrN3O4. The van der Waals surface area contributed by atoms with E-state index in [0.29, 0.717) is 33.9 Å². The number of amides is 2. The average Bonchev–Trinajstić information content (AvgIpc) is 2.79. The van der Waals surface area contributed by atoms with Crippen LogP contribution < -0.4 is 20.2 Å². The molecule has 0 heterocycles. The Labute approximate surface area is 194 Å². The molecule has 3 aromatic carbocycles. The van der Waals surface area contributed by atoms with Crippen LogP contribution in [-0.4, -0.2) is 32.2 Å². The number of aryl methyl sites for hydroxylation is 1. The molecule has 2 amide bonds. The quantitative estimate of drug-likeness (QED) is 0.364. The molecule has 0 spiro atoms. The van der Waals surface area contributed by atoms with Crippen LogP contribution in [0.5, 0.6) is 11.5 Å². The Morgan fingerprint density at radius 3 is 2.41 bits per heavy atom. The van der Waals surface area contributed by atoms with E-state index in [2.05, 4.69) is 31.8 Å². The van der Waals surface area contributed by atoms with Gasteiger partial charge in [-0.3, -0.25) is 9.59 Å². The lowest BCUT2D eigenvalue weighted by molar-refractivity contribution is 0.0953. The second-order valence-electron chi connectivity index (χ2n) is 6.78. The third kappa shape index (κ3) is 5.53. The minimum atomic E-state index is -0.417. The van der Waals surface area contributed by atoms with Gasteiger partial charge in [0.15, 0.2) is 0 Å². The zero-order valence-corrected chi connectivity index (χ0v) is 19.4. The molecule has 0 aliphatic carbocycles. The van der Waals surface area contributed by atoms with Gasteiger partial charge in [0.2, 0.25) is 0 Å². The van der Waals surface area contributed by atoms with Gasteiger partial charge in [-0.05, 0) is 58.7 Å². The van der Waals surface area contributed by atoms with E-state index in [-0.39, 0.29) is 5.91 Å². The van der Waals surface area contributed by atoms with E-state index >= 15 is 0 Å². The van der Waals surface area contributed by atoms with Gasteiger partial charge in [0.1, 0.15) is 11.5 Å². The lowest BCUT2D eigenvalue weighted by Crippen LogP contribution is -2.18. The topological polar surface area (TPSA) is 89.0 Å². The number of carbonyl (C=O) groups is 2. The monoisotopic (exact) mass is 495 g/mol. The van der Waals surface area contributed by atoms with Crippen molar-refractivity contribution in [3.8, 4) is 11.5 Å². The van der Waals surface area contributed by atoms with Gasteiger partial charge in [-0.25, -0.2) is 5.43 Å². The number of nitrogens with zero attached hydrogens (tertiary/aromatic N) is 1. The molecule has 0 unspecified atom stereocenters. The first kappa shape index (κ1) is 23.0. The minimum absolute atomic E-state index is 0.240. The molecule has 0 saturated carbocycles. The predicted molar refractivity (Wildman–Crippen MR) is 128 cm³/mol. The fraction of sp³-hybridized carbons (Fsp3) is 0.125. The molecular weight excluding hydrogens is 474 g/mol. The summed E-state index contributed by atoms with van der Waals surface area (Å²) in [5.74, 6) is 0.507. The zero-order chi connectivity index (χ0) is 23.1. The van der Waals surface area contributed by atoms with Gasteiger partial charge in [-0.15, -0.1) is 0 Å². The Hall–Kier alpha value is -3.65. The molecule has 7 nitrogen and oxygen atoms in total. The van der Waals surface area contributed by atoms with Crippen LogP contribution in [0.1, 0.15) is 31.8 Å². The van der Waals surface area contributed by atoms with Crippen molar-refractivity contribution in [2.75, 3.05) is 19.5 Å². The molecule has 8 heteroatoms. The highest BCUT2D eigenvalue weighted by atomic mass is 79.9. The van der Waals surface area contributed by atoms with Crippen LogP contribution in [0.2, 0.25) is 0 Å². The van der Waals surface area contributed by atoms with Crippen molar-refractivity contribution in [2.45, 2.75) is 6.92 Å². The number of rotatable bonds is 7. The lowest BCUT2D eigenvalue weighted by atomic mass is 10.1. The summed E-state index contributed by atoms with van der Waals surface area (Å²) in [5.41, 5.74) is 5.45. The van der Waals surface area contributed by atoms with E-state index in [9.17, 15) is 9.59 Å². The number of hydrazone groups is 1. The normalized spacial score (nSPS) is 10.6. The van der Waals surface area contributed by atoms with Gasteiger partial charge in [0, 0.05) is 28.4 Å². The van der Waals surface area contributed by atoms with Gasteiger partial charge >= 0.3 is 0 Å². The third-order valence-corrected chi connectivity index (χ3v) is 5.27. The van der Waals surface area contributed by atoms with Gasteiger partial charge in [0.25, 0.3) is 11.8 Å². The van der Waals surface area contributed by atoms with Crippen LogP contribution in [-0.2, 0) is 0 Å². The van der Waals surface area contributed by atoms with Crippen molar-refractivity contribution in [1.82, 2.24) is 5.43 Å². The molecule has 0 aromatic heterocycles. The first-order valence-corrected chi connectivity index (χ1v) is 10.4. The minimum Gasteiger partial charge on any atom is -0.496 e. The molecule has 3 aromatic rings. The highest BCUT2D eigenvalue weighted by Gasteiger charge is 2.11. The van der Waals surface area contributed by atoms with Crippen LogP contribution in [0.25, 0.3) is 0 Å². The van der Waals surface area contributed by atoms with Crippen LogP contribution in [0.3, 0.4) is 0 Å². The highest BCUT2D eigenvalue weighted by Crippen LogP contribution is 2.31. The van der Waals surface area contributed by atoms with Crippen molar-refractivity contribution < 1.29 is 19.1 Å². The van der Waals surface area contributed by atoms with E-state index < -0.39 is 5.91 Å². The molecule has 0 bridgehead atoms. The van der Waals surface area contributed by atoms with Crippen molar-refractivity contribution >= 4 is 39.6 Å². The maximum absolute atomic E-state index is 12.5. The summed E-state index contributed by atoms with van der Waals surface area (Å²) in [7, 11) is 3.10. The standard InChI is InChI=1S/C24H22BrN3O4/c1-15-7-4-5-10-19(15)24(30)27-18-9-6-8-16(11-18)23(29)28-26-14-17-12-20(25)22(32-3)13-21(17)31-2/h4-14H,1-3H3,(H,27,30)(H,28,29). The van der Waals surface area contributed by atoms with Crippen LogP contribution in [0, 0.1) is 6.92 Å². The Kier molecular flexibility index (Phi) is 7.62. The number of methoxy groups -OCH3 is 2. The molecule has 164 valence electrons. The van der Waals surface area contributed by atoms with Crippen molar-refractivity contribution in [3.05, 3.63) is 87.4 Å². The predicted octanol–water partition coefficient (Wildman–Crippen LogP) is 4.79. The smallest absolute Gasteiger partial charge is 0.271 e. The Balaban J connectivity index is 1.70. The van der Waals surface area contributed by atoms with Crippen LogP contribution >= 0.6 is 15.9 Å². The van der Waals surface area contributed by atoms with Crippen LogP contribution in [0.4, 0.5) is 5.69 Å². The molecule has 0 radical (unpaired) electrons. The van der Waals surface area contributed by atoms with Crippen molar-refractivity contribution in [2.24, 2.45) is 5.10 Å². The average molecular weight is 496 g/mol. The molecule has 2 N–H and O–H groups in total. The number of anilines is 1. The molecule has 0 saturated heterocycles.